The molecule has 1 nitrogen and oxygen atoms in total. The maximum absolute atomic E-state index is 6.03. The van der Waals surface area contributed by atoms with Crippen molar-refractivity contribution < 1.29 is 0 Å². The molecule has 1 unspecified atom stereocenters. The van der Waals surface area contributed by atoms with E-state index in [-0.39, 0.29) is 0 Å². The summed E-state index contributed by atoms with van der Waals surface area (Å²) in [4.78, 5) is 1.34. The fourth-order valence-electron chi connectivity index (χ4n) is 1.89. The van der Waals surface area contributed by atoms with Crippen LogP contribution < -0.4 is 5.32 Å². The minimum absolute atomic E-state index is 0.351. The third-order valence-electron chi connectivity index (χ3n) is 2.81. The van der Waals surface area contributed by atoms with Crippen LogP contribution in [-0.4, -0.2) is 0 Å². The average Bonchev–Trinajstić information content (AvgIpc) is 2.76. The van der Waals surface area contributed by atoms with Crippen LogP contribution in [0.2, 0.25) is 5.02 Å². The SMILES string of the molecule is CCC(NCc1ccc(Br)s1)c1cccc(Cl)c1. The molecule has 2 aromatic rings. The molecule has 0 aliphatic heterocycles. The molecule has 4 heteroatoms. The molecule has 0 amide bonds. The number of thiophene rings is 1. The van der Waals surface area contributed by atoms with Gasteiger partial charge in [-0.15, -0.1) is 11.3 Å². The lowest BCUT2D eigenvalue weighted by Gasteiger charge is -2.17. The Morgan fingerprint density at radius 1 is 1.33 bits per heavy atom. The van der Waals surface area contributed by atoms with Crippen molar-refractivity contribution in [3.63, 3.8) is 0 Å². The van der Waals surface area contributed by atoms with Gasteiger partial charge >= 0.3 is 0 Å². The molecule has 0 aliphatic rings. The van der Waals surface area contributed by atoms with E-state index in [0.717, 1.165) is 18.0 Å². The van der Waals surface area contributed by atoms with Gasteiger partial charge in [-0.3, -0.25) is 0 Å². The number of hydrogen-bond acceptors (Lipinski definition) is 2. The smallest absolute Gasteiger partial charge is 0.0701 e. The molecule has 1 N–H and O–H groups in total. The van der Waals surface area contributed by atoms with Crippen molar-refractivity contribution in [2.24, 2.45) is 0 Å². The van der Waals surface area contributed by atoms with Crippen LogP contribution in [0.3, 0.4) is 0 Å². The average molecular weight is 345 g/mol. The topological polar surface area (TPSA) is 12.0 Å². The molecule has 0 fully saturated rings. The molecule has 1 atom stereocenters. The van der Waals surface area contributed by atoms with Crippen molar-refractivity contribution in [3.8, 4) is 0 Å². The Morgan fingerprint density at radius 3 is 2.78 bits per heavy atom. The molecular weight excluding hydrogens is 330 g/mol. The minimum Gasteiger partial charge on any atom is -0.305 e. The molecule has 0 aliphatic carbocycles. The van der Waals surface area contributed by atoms with Crippen molar-refractivity contribution >= 4 is 38.9 Å². The molecular formula is C14H15BrClNS. The Hall–Kier alpha value is -0.350. The molecule has 96 valence electrons. The van der Waals surface area contributed by atoms with E-state index in [1.807, 2.05) is 18.2 Å². The van der Waals surface area contributed by atoms with Crippen molar-refractivity contribution in [1.29, 1.82) is 0 Å². The fourth-order valence-corrected chi connectivity index (χ4v) is 3.52. The van der Waals surface area contributed by atoms with Crippen LogP contribution in [0.15, 0.2) is 40.2 Å². The molecule has 0 radical (unpaired) electrons. The third-order valence-corrected chi connectivity index (χ3v) is 4.67. The summed E-state index contributed by atoms with van der Waals surface area (Å²) in [5.74, 6) is 0. The van der Waals surface area contributed by atoms with E-state index in [1.165, 1.54) is 14.2 Å². The van der Waals surface area contributed by atoms with Crippen molar-refractivity contribution in [3.05, 3.63) is 55.6 Å². The maximum atomic E-state index is 6.03. The van der Waals surface area contributed by atoms with Gasteiger partial charge in [-0.25, -0.2) is 0 Å². The molecule has 18 heavy (non-hydrogen) atoms. The van der Waals surface area contributed by atoms with Gasteiger partial charge in [-0.05, 0) is 52.2 Å². The second-order valence-electron chi connectivity index (χ2n) is 4.10. The van der Waals surface area contributed by atoms with Crippen molar-refractivity contribution in [2.45, 2.75) is 25.9 Å². The minimum atomic E-state index is 0.351. The van der Waals surface area contributed by atoms with Gasteiger partial charge in [-0.2, -0.15) is 0 Å². The molecule has 1 aromatic carbocycles. The Balaban J connectivity index is 2.01. The second-order valence-corrected chi connectivity index (χ2v) is 7.09. The first-order chi connectivity index (χ1) is 8.69. The van der Waals surface area contributed by atoms with Crippen LogP contribution in [0.25, 0.3) is 0 Å². The van der Waals surface area contributed by atoms with E-state index in [9.17, 15) is 0 Å². The first-order valence-corrected chi connectivity index (χ1v) is 7.91. The molecule has 1 heterocycles. The summed E-state index contributed by atoms with van der Waals surface area (Å²) in [5, 5.41) is 4.37. The van der Waals surface area contributed by atoms with Crippen molar-refractivity contribution in [2.75, 3.05) is 0 Å². The predicted octanol–water partition coefficient (Wildman–Crippen LogP) is 5.40. The molecule has 0 saturated heterocycles. The van der Waals surface area contributed by atoms with Crippen LogP contribution in [0.4, 0.5) is 0 Å². The van der Waals surface area contributed by atoms with Gasteiger partial charge < -0.3 is 5.32 Å². The summed E-state index contributed by atoms with van der Waals surface area (Å²) in [7, 11) is 0. The Bertz CT molecular complexity index is 512. The van der Waals surface area contributed by atoms with Crippen LogP contribution in [-0.2, 0) is 6.54 Å². The van der Waals surface area contributed by atoms with Gasteiger partial charge in [0.1, 0.15) is 0 Å². The first-order valence-electron chi connectivity index (χ1n) is 5.92. The Kier molecular flexibility index (Phi) is 5.25. The molecule has 0 saturated carbocycles. The zero-order valence-corrected chi connectivity index (χ0v) is 13.3. The van der Waals surface area contributed by atoms with Crippen molar-refractivity contribution in [1.82, 2.24) is 5.32 Å². The van der Waals surface area contributed by atoms with Crippen LogP contribution in [0.5, 0.6) is 0 Å². The Labute approximate surface area is 125 Å². The van der Waals surface area contributed by atoms with Gasteiger partial charge in [0.25, 0.3) is 0 Å². The largest absolute Gasteiger partial charge is 0.305 e. The fraction of sp³-hybridized carbons (Fsp3) is 0.286. The van der Waals surface area contributed by atoms with Gasteiger partial charge in [0.05, 0.1) is 3.79 Å². The molecule has 0 spiro atoms. The van der Waals surface area contributed by atoms with E-state index in [0.29, 0.717) is 6.04 Å². The molecule has 0 bridgehead atoms. The highest BCUT2D eigenvalue weighted by molar-refractivity contribution is 9.11. The highest BCUT2D eigenvalue weighted by atomic mass is 79.9. The number of halogens is 2. The summed E-state index contributed by atoms with van der Waals surface area (Å²) in [6.07, 6.45) is 1.05. The quantitative estimate of drug-likeness (QED) is 0.765. The predicted molar refractivity (Wildman–Crippen MR) is 83.3 cm³/mol. The van der Waals surface area contributed by atoms with Crippen LogP contribution in [0, 0.1) is 0 Å². The lowest BCUT2D eigenvalue weighted by atomic mass is 10.0. The lowest BCUT2D eigenvalue weighted by Crippen LogP contribution is -2.19. The van der Waals surface area contributed by atoms with Gasteiger partial charge in [0, 0.05) is 22.5 Å². The van der Waals surface area contributed by atoms with Gasteiger partial charge in [0.2, 0.25) is 0 Å². The van der Waals surface area contributed by atoms with Gasteiger partial charge in [0.15, 0.2) is 0 Å². The maximum Gasteiger partial charge on any atom is 0.0701 e. The summed E-state index contributed by atoms with van der Waals surface area (Å²) in [5.41, 5.74) is 1.25. The van der Waals surface area contributed by atoms with E-state index < -0.39 is 0 Å². The number of benzene rings is 1. The van der Waals surface area contributed by atoms with E-state index >= 15 is 0 Å². The first kappa shape index (κ1) is 14.1. The normalized spacial score (nSPS) is 12.6. The zero-order chi connectivity index (χ0) is 13.0. The van der Waals surface area contributed by atoms with Gasteiger partial charge in [-0.1, -0.05) is 30.7 Å². The molecule has 1 aromatic heterocycles. The second kappa shape index (κ2) is 6.71. The summed E-state index contributed by atoms with van der Waals surface area (Å²) in [6.45, 7) is 3.07. The van der Waals surface area contributed by atoms with Crippen LogP contribution >= 0.6 is 38.9 Å². The molecule has 2 rings (SSSR count). The Morgan fingerprint density at radius 2 is 2.17 bits per heavy atom. The highest BCUT2D eigenvalue weighted by Crippen LogP contribution is 2.24. The summed E-state index contributed by atoms with van der Waals surface area (Å²) in [6, 6.07) is 12.7. The van der Waals surface area contributed by atoms with E-state index in [4.69, 9.17) is 11.6 Å². The number of rotatable bonds is 5. The standard InChI is InChI=1S/C14H15BrClNS/c1-2-13(10-4-3-5-11(16)8-10)17-9-12-6-7-14(15)18-12/h3-8,13,17H,2,9H2,1H3. The van der Waals surface area contributed by atoms with E-state index in [1.54, 1.807) is 11.3 Å². The summed E-state index contributed by atoms with van der Waals surface area (Å²) < 4.78 is 1.18. The van der Waals surface area contributed by atoms with E-state index in [2.05, 4.69) is 46.4 Å². The number of nitrogens with one attached hydrogen (secondary N) is 1. The highest BCUT2D eigenvalue weighted by Gasteiger charge is 2.09. The monoisotopic (exact) mass is 343 g/mol. The zero-order valence-electron chi connectivity index (χ0n) is 10.1. The third kappa shape index (κ3) is 3.82. The summed E-state index contributed by atoms with van der Waals surface area (Å²) >= 11 is 11.3. The lowest BCUT2D eigenvalue weighted by molar-refractivity contribution is 0.522. The number of hydrogen-bond donors (Lipinski definition) is 1. The van der Waals surface area contributed by atoms with Crippen LogP contribution in [0.1, 0.15) is 29.8 Å².